The third-order valence-electron chi connectivity index (χ3n) is 5.73. The van der Waals surface area contributed by atoms with Gasteiger partial charge in [-0.2, -0.15) is 0 Å². The summed E-state index contributed by atoms with van der Waals surface area (Å²) in [6, 6.07) is 30.3. The average molecular weight is 465 g/mol. The van der Waals surface area contributed by atoms with Crippen LogP contribution in [-0.4, -0.2) is 23.0 Å². The van der Waals surface area contributed by atoms with Crippen LogP contribution in [-0.2, 0) is 11.4 Å². The molecular formula is C29H24N2O2S. The van der Waals surface area contributed by atoms with Crippen LogP contribution in [0.2, 0.25) is 0 Å². The Bertz CT molecular complexity index is 1420. The van der Waals surface area contributed by atoms with Crippen molar-refractivity contribution >= 4 is 45.4 Å². The standard InChI is InChI=1S/C29H24N2O2S/c1-20-14-16-24(17-15-20)30-29-31(2)28(32)27(34-29)18-22-9-4-6-13-26(22)33-19-23-11-7-10-21-8-3-5-12-25(21)23/h3-18H,19H2,1-2H3/b27-18+,30-29?. The van der Waals surface area contributed by atoms with E-state index in [0.717, 1.165) is 22.6 Å². The van der Waals surface area contributed by atoms with Crippen molar-refractivity contribution in [2.75, 3.05) is 7.05 Å². The number of carbonyl (C=O) groups is 1. The fourth-order valence-corrected chi connectivity index (χ4v) is 4.81. The van der Waals surface area contributed by atoms with Gasteiger partial charge in [-0.05, 0) is 59.3 Å². The van der Waals surface area contributed by atoms with Gasteiger partial charge in [0.1, 0.15) is 12.4 Å². The van der Waals surface area contributed by atoms with E-state index in [1.807, 2.05) is 79.7 Å². The number of rotatable bonds is 5. The Morgan fingerprint density at radius 3 is 2.50 bits per heavy atom. The van der Waals surface area contributed by atoms with E-state index in [9.17, 15) is 4.79 Å². The second kappa shape index (κ2) is 9.57. The first-order chi connectivity index (χ1) is 16.6. The van der Waals surface area contributed by atoms with E-state index in [1.54, 1.807) is 11.9 Å². The van der Waals surface area contributed by atoms with Gasteiger partial charge in [0.05, 0.1) is 10.6 Å². The lowest BCUT2D eigenvalue weighted by molar-refractivity contribution is -0.121. The fourth-order valence-electron chi connectivity index (χ4n) is 3.83. The number of carbonyl (C=O) groups excluding carboxylic acids is 1. The van der Waals surface area contributed by atoms with Crippen LogP contribution in [0.25, 0.3) is 16.8 Å². The highest BCUT2D eigenvalue weighted by atomic mass is 32.2. The lowest BCUT2D eigenvalue weighted by Crippen LogP contribution is -2.23. The van der Waals surface area contributed by atoms with Crippen molar-refractivity contribution in [3.63, 3.8) is 0 Å². The maximum Gasteiger partial charge on any atom is 0.266 e. The van der Waals surface area contributed by atoms with Gasteiger partial charge in [0, 0.05) is 12.6 Å². The molecule has 4 aromatic rings. The summed E-state index contributed by atoms with van der Waals surface area (Å²) in [4.78, 5) is 19.8. The molecule has 0 unspecified atom stereocenters. The van der Waals surface area contributed by atoms with Crippen LogP contribution in [0.3, 0.4) is 0 Å². The molecule has 0 radical (unpaired) electrons. The van der Waals surface area contributed by atoms with Crippen molar-refractivity contribution in [3.05, 3.63) is 113 Å². The van der Waals surface area contributed by atoms with Crippen molar-refractivity contribution in [1.82, 2.24) is 4.90 Å². The van der Waals surface area contributed by atoms with E-state index in [-0.39, 0.29) is 5.91 Å². The van der Waals surface area contributed by atoms with Crippen molar-refractivity contribution in [2.45, 2.75) is 13.5 Å². The zero-order chi connectivity index (χ0) is 23.5. The molecule has 0 N–H and O–H groups in total. The smallest absolute Gasteiger partial charge is 0.266 e. The first kappa shape index (κ1) is 22.0. The number of hydrogen-bond acceptors (Lipinski definition) is 4. The summed E-state index contributed by atoms with van der Waals surface area (Å²) in [5.74, 6) is 0.669. The highest BCUT2D eigenvalue weighted by molar-refractivity contribution is 8.18. The molecule has 0 aliphatic carbocycles. The number of likely N-dealkylation sites (N-methyl/N-ethyl adjacent to an activating group) is 1. The van der Waals surface area contributed by atoms with Crippen molar-refractivity contribution in [3.8, 4) is 5.75 Å². The van der Waals surface area contributed by atoms with Crippen LogP contribution < -0.4 is 4.74 Å². The number of amidine groups is 1. The number of aliphatic imine (C=N–C) groups is 1. The number of para-hydroxylation sites is 1. The van der Waals surface area contributed by atoms with Crippen LogP contribution in [0, 0.1) is 6.92 Å². The van der Waals surface area contributed by atoms with E-state index < -0.39 is 0 Å². The minimum Gasteiger partial charge on any atom is -0.488 e. The van der Waals surface area contributed by atoms with E-state index in [2.05, 4.69) is 29.3 Å². The number of nitrogens with zero attached hydrogens (tertiary/aromatic N) is 2. The molecule has 168 valence electrons. The highest BCUT2D eigenvalue weighted by Gasteiger charge is 2.30. The number of ether oxygens (including phenoxy) is 1. The molecule has 4 aromatic carbocycles. The third kappa shape index (κ3) is 4.61. The summed E-state index contributed by atoms with van der Waals surface area (Å²) in [7, 11) is 1.76. The summed E-state index contributed by atoms with van der Waals surface area (Å²) in [5.41, 5.74) is 3.99. The molecule has 1 amide bonds. The normalized spacial score (nSPS) is 16.1. The molecule has 1 fully saturated rings. The van der Waals surface area contributed by atoms with Crippen LogP contribution >= 0.6 is 11.8 Å². The molecule has 0 spiro atoms. The largest absolute Gasteiger partial charge is 0.488 e. The monoisotopic (exact) mass is 464 g/mol. The Morgan fingerprint density at radius 1 is 0.912 bits per heavy atom. The summed E-state index contributed by atoms with van der Waals surface area (Å²) in [6.45, 7) is 2.49. The first-order valence-electron chi connectivity index (χ1n) is 11.1. The summed E-state index contributed by atoms with van der Waals surface area (Å²) >= 11 is 1.38. The quantitative estimate of drug-likeness (QED) is 0.300. The van der Waals surface area contributed by atoms with Crippen LogP contribution in [0.1, 0.15) is 16.7 Å². The predicted molar refractivity (Wildman–Crippen MR) is 141 cm³/mol. The second-order valence-electron chi connectivity index (χ2n) is 8.17. The second-order valence-corrected chi connectivity index (χ2v) is 9.18. The summed E-state index contributed by atoms with van der Waals surface area (Å²) < 4.78 is 6.23. The minimum absolute atomic E-state index is 0.0697. The molecule has 0 aromatic heterocycles. The number of fused-ring (bicyclic) bond motifs is 1. The maximum atomic E-state index is 12.9. The van der Waals surface area contributed by atoms with Gasteiger partial charge in [0.2, 0.25) is 0 Å². The molecule has 1 aliphatic heterocycles. The first-order valence-corrected chi connectivity index (χ1v) is 11.9. The maximum absolute atomic E-state index is 12.9. The predicted octanol–water partition coefficient (Wildman–Crippen LogP) is 6.96. The third-order valence-corrected chi connectivity index (χ3v) is 6.79. The van der Waals surface area contributed by atoms with Gasteiger partial charge in [0.25, 0.3) is 5.91 Å². The molecular weight excluding hydrogens is 440 g/mol. The van der Waals surface area contributed by atoms with Crippen molar-refractivity contribution in [1.29, 1.82) is 0 Å². The molecule has 34 heavy (non-hydrogen) atoms. The summed E-state index contributed by atoms with van der Waals surface area (Å²) in [5, 5.41) is 3.03. The van der Waals surface area contributed by atoms with Gasteiger partial charge < -0.3 is 4.74 Å². The number of aryl methyl sites for hydroxylation is 1. The Morgan fingerprint density at radius 2 is 1.65 bits per heavy atom. The highest BCUT2D eigenvalue weighted by Crippen LogP contribution is 2.35. The fraction of sp³-hybridized carbons (Fsp3) is 0.103. The molecule has 0 atom stereocenters. The van der Waals surface area contributed by atoms with E-state index in [0.29, 0.717) is 16.7 Å². The Kier molecular flexibility index (Phi) is 6.19. The van der Waals surface area contributed by atoms with Gasteiger partial charge in [-0.25, -0.2) is 4.99 Å². The van der Waals surface area contributed by atoms with Crippen molar-refractivity contribution in [2.24, 2.45) is 4.99 Å². The Labute approximate surface area is 203 Å². The van der Waals surface area contributed by atoms with Crippen LogP contribution in [0.5, 0.6) is 5.75 Å². The minimum atomic E-state index is -0.0697. The number of hydrogen-bond donors (Lipinski definition) is 0. The lowest BCUT2D eigenvalue weighted by Gasteiger charge is -2.11. The van der Waals surface area contributed by atoms with Gasteiger partial charge in [-0.3, -0.25) is 9.69 Å². The van der Waals surface area contributed by atoms with E-state index in [4.69, 9.17) is 4.74 Å². The molecule has 4 nitrogen and oxygen atoms in total. The zero-order valence-corrected chi connectivity index (χ0v) is 19.9. The van der Waals surface area contributed by atoms with Crippen LogP contribution in [0.4, 0.5) is 5.69 Å². The lowest BCUT2D eigenvalue weighted by atomic mass is 10.1. The van der Waals surface area contributed by atoms with Gasteiger partial charge in [0.15, 0.2) is 5.17 Å². The van der Waals surface area contributed by atoms with Crippen LogP contribution in [0.15, 0.2) is 101 Å². The van der Waals surface area contributed by atoms with E-state index in [1.165, 1.54) is 28.1 Å². The Balaban J connectivity index is 1.39. The summed E-state index contributed by atoms with van der Waals surface area (Å²) in [6.07, 6.45) is 1.89. The zero-order valence-electron chi connectivity index (χ0n) is 19.1. The molecule has 1 saturated heterocycles. The SMILES string of the molecule is Cc1ccc(N=C2S/C(=C/c3ccccc3OCc3cccc4ccccc34)C(=O)N2C)cc1. The molecule has 1 aliphatic rings. The van der Waals surface area contributed by atoms with E-state index >= 15 is 0 Å². The molecule has 5 rings (SSSR count). The molecule has 0 bridgehead atoms. The number of benzene rings is 4. The topological polar surface area (TPSA) is 41.9 Å². The van der Waals surface area contributed by atoms with Gasteiger partial charge in [-0.1, -0.05) is 78.4 Å². The molecule has 5 heteroatoms. The molecule has 0 saturated carbocycles. The van der Waals surface area contributed by atoms with Crippen molar-refractivity contribution < 1.29 is 9.53 Å². The van der Waals surface area contributed by atoms with Gasteiger partial charge >= 0.3 is 0 Å². The number of amides is 1. The molecule has 1 heterocycles. The number of thioether (sulfide) groups is 1. The average Bonchev–Trinajstić information content (AvgIpc) is 3.12. The Hall–Kier alpha value is -3.83. The van der Waals surface area contributed by atoms with Gasteiger partial charge in [-0.15, -0.1) is 0 Å².